The molecule has 0 bridgehead atoms. The van der Waals surface area contributed by atoms with Crippen molar-refractivity contribution in [2.75, 3.05) is 7.11 Å². The molecule has 33 heavy (non-hydrogen) atoms. The van der Waals surface area contributed by atoms with E-state index in [0.29, 0.717) is 0 Å². The van der Waals surface area contributed by atoms with Crippen LogP contribution in [0.3, 0.4) is 0 Å². The van der Waals surface area contributed by atoms with Crippen molar-refractivity contribution in [2.45, 2.75) is 25.8 Å². The van der Waals surface area contributed by atoms with Crippen LogP contribution in [0, 0.1) is 5.92 Å². The highest BCUT2D eigenvalue weighted by atomic mass is 16.5. The van der Waals surface area contributed by atoms with Crippen molar-refractivity contribution in [3.05, 3.63) is 102 Å². The Labute approximate surface area is 194 Å². The van der Waals surface area contributed by atoms with E-state index in [4.69, 9.17) is 4.74 Å². The Morgan fingerprint density at radius 3 is 1.85 bits per heavy atom. The van der Waals surface area contributed by atoms with Crippen LogP contribution in [0.25, 0.3) is 0 Å². The van der Waals surface area contributed by atoms with Gasteiger partial charge in [0.25, 0.3) is 5.91 Å². The van der Waals surface area contributed by atoms with Crippen LogP contribution in [0.2, 0.25) is 0 Å². The molecule has 1 unspecified atom stereocenters. The number of nitrogens with one attached hydrogen (secondary N) is 2. The third-order valence-electron chi connectivity index (χ3n) is 5.28. The first kappa shape index (κ1) is 23.7. The van der Waals surface area contributed by atoms with E-state index in [2.05, 4.69) is 15.8 Å². The van der Waals surface area contributed by atoms with Gasteiger partial charge in [0, 0.05) is 0 Å². The molecule has 0 heterocycles. The molecule has 2 amide bonds. The van der Waals surface area contributed by atoms with Crippen LogP contribution < -0.4 is 15.5 Å². The summed E-state index contributed by atoms with van der Waals surface area (Å²) < 4.78 is 5.14. The summed E-state index contributed by atoms with van der Waals surface area (Å²) in [5.74, 6) is -0.518. The second-order valence-corrected chi connectivity index (χ2v) is 7.99. The topological polar surface area (TPSA) is 79.8 Å². The molecule has 170 valence electrons. The average molecular weight is 444 g/mol. The van der Waals surface area contributed by atoms with Gasteiger partial charge in [0.2, 0.25) is 5.91 Å². The lowest BCUT2D eigenvalue weighted by Crippen LogP contribution is -2.50. The summed E-state index contributed by atoms with van der Waals surface area (Å²) in [5, 5.41) is 6.99. The molecule has 3 rings (SSSR count). The Bertz CT molecular complexity index is 1030. The fourth-order valence-corrected chi connectivity index (χ4v) is 3.49. The Balaban J connectivity index is 1.73. The highest BCUT2D eigenvalue weighted by molar-refractivity contribution is 5.93. The molecule has 0 aromatic heterocycles. The molecule has 0 aliphatic heterocycles. The molecular formula is C27H29N3O3. The number of hydrogen-bond acceptors (Lipinski definition) is 4. The van der Waals surface area contributed by atoms with Crippen LogP contribution in [0.15, 0.2) is 90.0 Å². The van der Waals surface area contributed by atoms with Crippen LogP contribution >= 0.6 is 0 Å². The van der Waals surface area contributed by atoms with Gasteiger partial charge >= 0.3 is 0 Å². The van der Waals surface area contributed by atoms with E-state index >= 15 is 0 Å². The van der Waals surface area contributed by atoms with Gasteiger partial charge < -0.3 is 10.1 Å². The van der Waals surface area contributed by atoms with Gasteiger partial charge in [0.1, 0.15) is 11.8 Å². The number of methoxy groups -OCH3 is 1. The van der Waals surface area contributed by atoms with Crippen LogP contribution in [-0.4, -0.2) is 31.2 Å². The fraction of sp³-hybridized carbons (Fsp3) is 0.222. The zero-order valence-corrected chi connectivity index (χ0v) is 19.1. The molecular weight excluding hydrogens is 414 g/mol. The lowest BCUT2D eigenvalue weighted by molar-refractivity contribution is -0.130. The Kier molecular flexibility index (Phi) is 8.36. The van der Waals surface area contributed by atoms with Crippen LogP contribution in [0.4, 0.5) is 0 Å². The zero-order chi connectivity index (χ0) is 23.6. The molecule has 0 saturated carbocycles. The maximum atomic E-state index is 13.4. The highest BCUT2D eigenvalue weighted by Gasteiger charge is 2.29. The first-order valence-corrected chi connectivity index (χ1v) is 10.9. The van der Waals surface area contributed by atoms with E-state index in [-0.39, 0.29) is 17.7 Å². The number of amides is 2. The molecule has 0 aliphatic carbocycles. The average Bonchev–Trinajstić information content (AvgIpc) is 2.84. The summed E-state index contributed by atoms with van der Waals surface area (Å²) >= 11 is 0. The van der Waals surface area contributed by atoms with Gasteiger partial charge in [0.05, 0.1) is 19.2 Å². The third-order valence-corrected chi connectivity index (χ3v) is 5.28. The number of carbonyl (C=O) groups is 2. The molecule has 0 fully saturated rings. The number of benzene rings is 3. The van der Waals surface area contributed by atoms with Crippen LogP contribution in [0.1, 0.15) is 36.5 Å². The number of hydrogen-bond donors (Lipinski definition) is 2. The highest BCUT2D eigenvalue weighted by Crippen LogP contribution is 2.25. The number of rotatable bonds is 9. The smallest absolute Gasteiger partial charge is 0.262 e. The summed E-state index contributed by atoms with van der Waals surface area (Å²) in [7, 11) is 1.60. The van der Waals surface area contributed by atoms with Crippen molar-refractivity contribution in [2.24, 2.45) is 11.0 Å². The Morgan fingerprint density at radius 2 is 1.36 bits per heavy atom. The molecule has 6 heteroatoms. The molecule has 3 aromatic carbocycles. The van der Waals surface area contributed by atoms with Gasteiger partial charge in [0.15, 0.2) is 0 Å². The molecule has 2 N–H and O–H groups in total. The van der Waals surface area contributed by atoms with Crippen molar-refractivity contribution >= 4 is 18.0 Å². The summed E-state index contributed by atoms with van der Waals surface area (Å²) in [6, 6.07) is 25.7. The standard InChI is InChI=1S/C27H29N3O3/c1-19(2)25(27(32)30-28-18-20-14-16-23(33-3)17-15-20)29-26(31)24(21-10-6-4-7-11-21)22-12-8-5-9-13-22/h4-19,24-25H,1-3H3,(H,29,31)(H,30,32)/b28-18+. The quantitative estimate of drug-likeness (QED) is 0.386. The van der Waals surface area contributed by atoms with E-state index in [0.717, 1.165) is 22.4 Å². The monoisotopic (exact) mass is 443 g/mol. The fourth-order valence-electron chi connectivity index (χ4n) is 3.49. The third kappa shape index (κ3) is 6.53. The molecule has 1 atom stereocenters. The predicted molar refractivity (Wildman–Crippen MR) is 130 cm³/mol. The van der Waals surface area contributed by atoms with Crippen molar-refractivity contribution in [1.82, 2.24) is 10.7 Å². The molecule has 0 saturated heterocycles. The van der Waals surface area contributed by atoms with Crippen molar-refractivity contribution < 1.29 is 14.3 Å². The minimum absolute atomic E-state index is 0.127. The maximum Gasteiger partial charge on any atom is 0.262 e. The maximum absolute atomic E-state index is 13.4. The van der Waals surface area contributed by atoms with Crippen molar-refractivity contribution in [1.29, 1.82) is 0 Å². The lowest BCUT2D eigenvalue weighted by Gasteiger charge is -2.24. The lowest BCUT2D eigenvalue weighted by atomic mass is 9.89. The SMILES string of the molecule is COc1ccc(/C=N/NC(=O)C(NC(=O)C(c2ccccc2)c2ccccc2)C(C)C)cc1. The second kappa shape index (κ2) is 11.6. The van der Waals surface area contributed by atoms with Gasteiger partial charge in [-0.3, -0.25) is 9.59 Å². The number of hydrazone groups is 1. The van der Waals surface area contributed by atoms with Gasteiger partial charge in [-0.05, 0) is 46.9 Å². The number of carbonyl (C=O) groups excluding carboxylic acids is 2. The molecule has 0 spiro atoms. The molecule has 0 radical (unpaired) electrons. The number of ether oxygens (including phenoxy) is 1. The summed E-state index contributed by atoms with van der Waals surface area (Å²) in [4.78, 5) is 26.2. The van der Waals surface area contributed by atoms with E-state index in [1.54, 1.807) is 13.3 Å². The van der Waals surface area contributed by atoms with Gasteiger partial charge in [-0.25, -0.2) is 5.43 Å². The molecule has 0 aliphatic rings. The summed E-state index contributed by atoms with van der Waals surface area (Å²) in [6.45, 7) is 3.77. The van der Waals surface area contributed by atoms with Crippen molar-refractivity contribution in [3.8, 4) is 5.75 Å². The minimum Gasteiger partial charge on any atom is -0.497 e. The van der Waals surface area contributed by atoms with E-state index in [1.807, 2.05) is 98.8 Å². The van der Waals surface area contributed by atoms with Gasteiger partial charge in [-0.2, -0.15) is 5.10 Å². The normalized spacial score (nSPS) is 12.0. The molecule has 6 nitrogen and oxygen atoms in total. The van der Waals surface area contributed by atoms with Crippen LogP contribution in [-0.2, 0) is 9.59 Å². The van der Waals surface area contributed by atoms with E-state index in [1.165, 1.54) is 0 Å². The first-order chi connectivity index (χ1) is 16.0. The van der Waals surface area contributed by atoms with E-state index < -0.39 is 12.0 Å². The van der Waals surface area contributed by atoms with Gasteiger partial charge in [-0.15, -0.1) is 0 Å². The first-order valence-electron chi connectivity index (χ1n) is 10.9. The Hall–Kier alpha value is -3.93. The minimum atomic E-state index is -0.736. The predicted octanol–water partition coefficient (Wildman–Crippen LogP) is 4.12. The largest absolute Gasteiger partial charge is 0.497 e. The van der Waals surface area contributed by atoms with Gasteiger partial charge in [-0.1, -0.05) is 74.5 Å². The molecule has 3 aromatic rings. The van der Waals surface area contributed by atoms with Crippen LogP contribution in [0.5, 0.6) is 5.75 Å². The van der Waals surface area contributed by atoms with Crippen molar-refractivity contribution in [3.63, 3.8) is 0 Å². The number of nitrogens with zero attached hydrogens (tertiary/aromatic N) is 1. The summed E-state index contributed by atoms with van der Waals surface area (Å²) in [5.41, 5.74) is 5.09. The zero-order valence-electron chi connectivity index (χ0n) is 19.1. The van der Waals surface area contributed by atoms with E-state index in [9.17, 15) is 9.59 Å². The Morgan fingerprint density at radius 1 is 0.818 bits per heavy atom. The second-order valence-electron chi connectivity index (χ2n) is 7.99. The summed E-state index contributed by atoms with van der Waals surface area (Å²) in [6.07, 6.45) is 1.55.